The molecular weight excluding hydrogens is 248 g/mol. The zero-order valence-corrected chi connectivity index (χ0v) is 13.7. The van der Waals surface area contributed by atoms with Crippen molar-refractivity contribution in [3.63, 3.8) is 0 Å². The van der Waals surface area contributed by atoms with Crippen LogP contribution in [-0.4, -0.2) is 42.8 Å². The van der Waals surface area contributed by atoms with Crippen molar-refractivity contribution in [2.75, 3.05) is 26.2 Å². The molecule has 20 heavy (non-hydrogen) atoms. The molecule has 0 aromatic rings. The predicted molar refractivity (Wildman–Crippen MR) is 84.8 cm³/mol. The van der Waals surface area contributed by atoms with Crippen molar-refractivity contribution in [1.82, 2.24) is 4.90 Å². The Balaban J connectivity index is 2.06. The summed E-state index contributed by atoms with van der Waals surface area (Å²) in [6, 6.07) is 0. The molecule has 1 saturated heterocycles. The molecule has 1 aliphatic heterocycles. The molecule has 0 amide bonds. The molecule has 1 aliphatic carbocycles. The third-order valence-corrected chi connectivity index (χ3v) is 5.89. The lowest BCUT2D eigenvalue weighted by Crippen LogP contribution is -2.63. The molecular formula is C17H34N2O. The van der Waals surface area contributed by atoms with Crippen molar-refractivity contribution in [3.05, 3.63) is 0 Å². The highest BCUT2D eigenvalue weighted by molar-refractivity contribution is 5.01. The van der Waals surface area contributed by atoms with E-state index in [2.05, 4.69) is 25.7 Å². The first-order valence-electron chi connectivity index (χ1n) is 8.70. The minimum Gasteiger partial charge on any atom is -0.377 e. The molecule has 0 aromatic heterocycles. The van der Waals surface area contributed by atoms with E-state index >= 15 is 0 Å². The van der Waals surface area contributed by atoms with Crippen LogP contribution in [0.4, 0.5) is 0 Å². The van der Waals surface area contributed by atoms with Crippen LogP contribution in [0.2, 0.25) is 0 Å². The quantitative estimate of drug-likeness (QED) is 0.842. The molecule has 2 aliphatic rings. The van der Waals surface area contributed by atoms with Crippen molar-refractivity contribution in [1.29, 1.82) is 0 Å². The second kappa shape index (κ2) is 7.24. The van der Waals surface area contributed by atoms with Gasteiger partial charge in [0.05, 0.1) is 6.10 Å². The molecule has 3 nitrogen and oxygen atoms in total. The lowest BCUT2D eigenvalue weighted by atomic mass is 9.67. The van der Waals surface area contributed by atoms with Gasteiger partial charge in [-0.25, -0.2) is 0 Å². The Kier molecular flexibility index (Phi) is 5.88. The molecule has 4 unspecified atom stereocenters. The summed E-state index contributed by atoms with van der Waals surface area (Å²) in [4.78, 5) is 2.69. The monoisotopic (exact) mass is 282 g/mol. The zero-order chi connectivity index (χ0) is 14.6. The number of ether oxygens (including phenoxy) is 1. The van der Waals surface area contributed by atoms with Gasteiger partial charge in [0.15, 0.2) is 0 Å². The Morgan fingerprint density at radius 3 is 2.75 bits per heavy atom. The van der Waals surface area contributed by atoms with Crippen LogP contribution in [0.25, 0.3) is 0 Å². The van der Waals surface area contributed by atoms with Gasteiger partial charge in [-0.1, -0.05) is 33.6 Å². The summed E-state index contributed by atoms with van der Waals surface area (Å²) in [5, 5.41) is 0. The van der Waals surface area contributed by atoms with Gasteiger partial charge in [-0.2, -0.15) is 0 Å². The minimum atomic E-state index is 0.228. The molecule has 2 fully saturated rings. The number of nitrogens with two attached hydrogens (primary N) is 1. The molecule has 0 radical (unpaired) electrons. The minimum absolute atomic E-state index is 0.228. The summed E-state index contributed by atoms with van der Waals surface area (Å²) >= 11 is 0. The fraction of sp³-hybridized carbons (Fsp3) is 1.00. The summed E-state index contributed by atoms with van der Waals surface area (Å²) in [7, 11) is 0. The van der Waals surface area contributed by atoms with Gasteiger partial charge in [0.25, 0.3) is 0 Å². The second-order valence-corrected chi connectivity index (χ2v) is 7.05. The Morgan fingerprint density at radius 2 is 2.05 bits per heavy atom. The maximum absolute atomic E-state index is 6.28. The van der Waals surface area contributed by atoms with Crippen LogP contribution in [-0.2, 0) is 4.74 Å². The van der Waals surface area contributed by atoms with E-state index in [4.69, 9.17) is 10.5 Å². The second-order valence-electron chi connectivity index (χ2n) is 7.05. The first kappa shape index (κ1) is 16.3. The molecule has 1 heterocycles. The van der Waals surface area contributed by atoms with E-state index in [-0.39, 0.29) is 5.54 Å². The standard InChI is InChI=1S/C17H34N2O/c1-4-11-20-16-8-6-10-19(12-16)17(13-18)9-5-7-14(2)15(17)3/h14-16H,4-13,18H2,1-3H3. The van der Waals surface area contributed by atoms with Crippen molar-refractivity contribution in [2.45, 2.75) is 70.9 Å². The van der Waals surface area contributed by atoms with Crippen LogP contribution < -0.4 is 5.73 Å². The zero-order valence-electron chi connectivity index (χ0n) is 13.7. The summed E-state index contributed by atoms with van der Waals surface area (Å²) < 4.78 is 6.02. The van der Waals surface area contributed by atoms with Crippen LogP contribution >= 0.6 is 0 Å². The molecule has 3 heteroatoms. The SMILES string of the molecule is CCCOC1CCCN(C2(CN)CCCC(C)C2C)C1. The van der Waals surface area contributed by atoms with E-state index in [1.165, 1.54) is 38.6 Å². The molecule has 0 aromatic carbocycles. The van der Waals surface area contributed by atoms with E-state index < -0.39 is 0 Å². The van der Waals surface area contributed by atoms with Gasteiger partial charge in [-0.3, -0.25) is 4.90 Å². The topological polar surface area (TPSA) is 38.5 Å². The fourth-order valence-corrected chi connectivity index (χ4v) is 4.36. The first-order valence-corrected chi connectivity index (χ1v) is 8.70. The van der Waals surface area contributed by atoms with Crippen LogP contribution in [0, 0.1) is 11.8 Å². The Labute approximate surface area is 125 Å². The summed E-state index contributed by atoms with van der Waals surface area (Å²) in [6.07, 6.45) is 8.00. The van der Waals surface area contributed by atoms with E-state index in [0.29, 0.717) is 12.0 Å². The Bertz CT molecular complexity index is 297. The summed E-state index contributed by atoms with van der Waals surface area (Å²) in [5.41, 5.74) is 6.51. The number of likely N-dealkylation sites (tertiary alicyclic amines) is 1. The van der Waals surface area contributed by atoms with Gasteiger partial charge in [-0.15, -0.1) is 0 Å². The van der Waals surface area contributed by atoms with Crippen LogP contribution in [0.5, 0.6) is 0 Å². The van der Waals surface area contributed by atoms with Crippen molar-refractivity contribution >= 4 is 0 Å². The smallest absolute Gasteiger partial charge is 0.0702 e. The molecule has 4 atom stereocenters. The lowest BCUT2D eigenvalue weighted by molar-refractivity contribution is -0.0732. The van der Waals surface area contributed by atoms with Crippen molar-refractivity contribution in [3.8, 4) is 0 Å². The highest BCUT2D eigenvalue weighted by Gasteiger charge is 2.46. The molecule has 0 spiro atoms. The van der Waals surface area contributed by atoms with Crippen LogP contribution in [0.15, 0.2) is 0 Å². The average Bonchev–Trinajstić information content (AvgIpc) is 2.48. The first-order chi connectivity index (χ1) is 9.64. The molecule has 2 rings (SSSR count). The van der Waals surface area contributed by atoms with Gasteiger partial charge in [0, 0.05) is 25.2 Å². The van der Waals surface area contributed by atoms with Crippen LogP contribution in [0.3, 0.4) is 0 Å². The predicted octanol–water partition coefficient (Wildman–Crippen LogP) is 3.03. The third kappa shape index (κ3) is 3.20. The van der Waals surface area contributed by atoms with Gasteiger partial charge in [-0.05, 0) is 44.1 Å². The normalized spacial score (nSPS) is 39.9. The highest BCUT2D eigenvalue weighted by Crippen LogP contribution is 2.42. The van der Waals surface area contributed by atoms with Crippen molar-refractivity contribution < 1.29 is 4.74 Å². The molecule has 1 saturated carbocycles. The van der Waals surface area contributed by atoms with Gasteiger partial charge in [0.2, 0.25) is 0 Å². The maximum atomic E-state index is 6.28. The van der Waals surface area contributed by atoms with Crippen LogP contribution in [0.1, 0.15) is 59.3 Å². The van der Waals surface area contributed by atoms with Gasteiger partial charge < -0.3 is 10.5 Å². The number of rotatable bonds is 5. The van der Waals surface area contributed by atoms with Crippen molar-refractivity contribution in [2.24, 2.45) is 17.6 Å². The highest BCUT2D eigenvalue weighted by atomic mass is 16.5. The van der Waals surface area contributed by atoms with E-state index in [9.17, 15) is 0 Å². The number of hydrogen-bond acceptors (Lipinski definition) is 3. The maximum Gasteiger partial charge on any atom is 0.0702 e. The summed E-state index contributed by atoms with van der Waals surface area (Å²) in [6.45, 7) is 11.0. The fourth-order valence-electron chi connectivity index (χ4n) is 4.36. The van der Waals surface area contributed by atoms with Gasteiger partial charge >= 0.3 is 0 Å². The third-order valence-electron chi connectivity index (χ3n) is 5.89. The molecule has 2 N–H and O–H groups in total. The molecule has 118 valence electrons. The lowest BCUT2D eigenvalue weighted by Gasteiger charge is -2.54. The number of nitrogens with zero attached hydrogens (tertiary/aromatic N) is 1. The van der Waals surface area contributed by atoms with Gasteiger partial charge in [0.1, 0.15) is 0 Å². The number of hydrogen-bond donors (Lipinski definition) is 1. The summed E-state index contributed by atoms with van der Waals surface area (Å²) in [5.74, 6) is 1.50. The molecule has 0 bridgehead atoms. The van der Waals surface area contributed by atoms with E-state index in [1.54, 1.807) is 0 Å². The number of piperidine rings is 1. The van der Waals surface area contributed by atoms with E-state index in [0.717, 1.165) is 32.0 Å². The average molecular weight is 282 g/mol. The Hall–Kier alpha value is -0.120. The van der Waals surface area contributed by atoms with E-state index in [1.807, 2.05) is 0 Å². The Morgan fingerprint density at radius 1 is 1.25 bits per heavy atom. The largest absolute Gasteiger partial charge is 0.377 e.